The summed E-state index contributed by atoms with van der Waals surface area (Å²) in [5.74, 6) is -1.62. The van der Waals surface area contributed by atoms with Crippen molar-refractivity contribution in [2.24, 2.45) is 5.92 Å². The Balaban J connectivity index is 4.03. The molecule has 1 atom stereocenters. The minimum atomic E-state index is -4.00. The minimum Gasteiger partial charge on any atom is -0.301 e. The molecule has 0 radical (unpaired) electrons. The van der Waals surface area contributed by atoms with Gasteiger partial charge < -0.3 is 4.89 Å². The van der Waals surface area contributed by atoms with Gasteiger partial charge in [-0.15, -0.1) is 0 Å². The highest BCUT2D eigenvalue weighted by molar-refractivity contribution is 7.85. The average Bonchev–Trinajstić information content (AvgIpc) is 2.29. The van der Waals surface area contributed by atoms with E-state index in [0.29, 0.717) is 6.42 Å². The third-order valence-corrected chi connectivity index (χ3v) is 3.59. The van der Waals surface area contributed by atoms with Crippen molar-refractivity contribution in [3.05, 3.63) is 0 Å². The summed E-state index contributed by atoms with van der Waals surface area (Å²) in [4.78, 5) is 14.9. The maximum absolute atomic E-state index is 11.2. The molecule has 7 heteroatoms. The zero-order valence-corrected chi connectivity index (χ0v) is 11.5. The van der Waals surface area contributed by atoms with Crippen LogP contribution in [0.5, 0.6) is 0 Å². The fourth-order valence-corrected chi connectivity index (χ4v) is 2.32. The molecule has 0 amide bonds. The van der Waals surface area contributed by atoms with E-state index in [1.54, 1.807) is 0 Å². The van der Waals surface area contributed by atoms with E-state index in [1.807, 2.05) is 0 Å². The number of rotatable bonds is 10. The average molecular weight is 282 g/mol. The molecule has 0 heterocycles. The van der Waals surface area contributed by atoms with Gasteiger partial charge in [-0.2, -0.15) is 13.7 Å². The number of hydrogen-bond acceptors (Lipinski definition) is 5. The maximum Gasteiger partial charge on any atom is 0.345 e. The van der Waals surface area contributed by atoms with Crippen LogP contribution in [0, 0.1) is 5.92 Å². The Kier molecular flexibility index (Phi) is 8.95. The molecule has 6 nitrogen and oxygen atoms in total. The van der Waals surface area contributed by atoms with Crippen LogP contribution < -0.4 is 0 Å². The van der Waals surface area contributed by atoms with Crippen molar-refractivity contribution < 1.29 is 27.9 Å². The first-order chi connectivity index (χ1) is 8.40. The molecule has 0 bridgehead atoms. The fourth-order valence-electron chi connectivity index (χ4n) is 1.78. The molecular formula is C11H22O6S. The van der Waals surface area contributed by atoms with E-state index in [2.05, 4.69) is 11.8 Å². The van der Waals surface area contributed by atoms with Gasteiger partial charge in [0.1, 0.15) is 0 Å². The normalized spacial score (nSPS) is 13.3. The van der Waals surface area contributed by atoms with E-state index in [0.717, 1.165) is 25.7 Å². The highest BCUT2D eigenvalue weighted by atomic mass is 32.2. The summed E-state index contributed by atoms with van der Waals surface area (Å²) in [6.45, 7) is 2.07. The van der Waals surface area contributed by atoms with Crippen LogP contribution in [0.4, 0.5) is 0 Å². The van der Waals surface area contributed by atoms with Crippen molar-refractivity contribution >= 4 is 16.1 Å². The Labute approximate surface area is 108 Å². The van der Waals surface area contributed by atoms with Gasteiger partial charge in [-0.3, -0.25) is 4.55 Å². The van der Waals surface area contributed by atoms with Crippen molar-refractivity contribution in [1.29, 1.82) is 0 Å². The van der Waals surface area contributed by atoms with Crippen LogP contribution in [0.2, 0.25) is 0 Å². The Morgan fingerprint density at radius 1 is 1.17 bits per heavy atom. The summed E-state index contributed by atoms with van der Waals surface area (Å²) in [6.07, 6.45) is 5.00. The third kappa shape index (κ3) is 9.38. The first kappa shape index (κ1) is 17.3. The van der Waals surface area contributed by atoms with Crippen LogP contribution in [0.3, 0.4) is 0 Å². The second-order valence-electron chi connectivity index (χ2n) is 4.38. The van der Waals surface area contributed by atoms with Crippen LogP contribution in [0.15, 0.2) is 0 Å². The Morgan fingerprint density at radius 3 is 2.28 bits per heavy atom. The third-order valence-electron chi connectivity index (χ3n) is 2.78. The number of unbranched alkanes of at least 4 members (excludes halogenated alkanes) is 3. The summed E-state index contributed by atoms with van der Waals surface area (Å²) in [6, 6.07) is 0. The molecule has 0 aromatic carbocycles. The molecule has 108 valence electrons. The zero-order valence-electron chi connectivity index (χ0n) is 10.7. The van der Waals surface area contributed by atoms with Crippen LogP contribution in [0.1, 0.15) is 51.9 Å². The first-order valence-corrected chi connectivity index (χ1v) is 7.82. The number of carbonyl (C=O) groups is 1. The predicted molar refractivity (Wildman–Crippen MR) is 66.6 cm³/mol. The summed E-state index contributed by atoms with van der Waals surface area (Å²) in [5, 5.41) is 8.35. The largest absolute Gasteiger partial charge is 0.345 e. The standard InChI is InChI=1S/C11H22O6S/c1-2-3-4-5-7-10(11(12)17-13)8-6-9-18(14,15)16/h10,13H,2-9H2,1H3,(H,14,15,16). The smallest absolute Gasteiger partial charge is 0.301 e. The van der Waals surface area contributed by atoms with E-state index >= 15 is 0 Å². The molecule has 0 saturated carbocycles. The monoisotopic (exact) mass is 282 g/mol. The lowest BCUT2D eigenvalue weighted by Gasteiger charge is -2.12. The summed E-state index contributed by atoms with van der Waals surface area (Å²) in [7, 11) is -4.00. The van der Waals surface area contributed by atoms with Gasteiger partial charge >= 0.3 is 5.97 Å². The highest BCUT2D eigenvalue weighted by Crippen LogP contribution is 2.18. The SMILES string of the molecule is CCCCCCC(CCCS(=O)(=O)O)C(=O)OO. The van der Waals surface area contributed by atoms with Crippen molar-refractivity contribution in [1.82, 2.24) is 0 Å². The molecule has 0 aromatic heterocycles. The summed E-state index contributed by atoms with van der Waals surface area (Å²) < 4.78 is 29.7. The molecule has 0 spiro atoms. The molecule has 0 aromatic rings. The van der Waals surface area contributed by atoms with Crippen molar-refractivity contribution in [3.8, 4) is 0 Å². The van der Waals surface area contributed by atoms with Crippen molar-refractivity contribution in [2.75, 3.05) is 5.75 Å². The van der Waals surface area contributed by atoms with Crippen LogP contribution >= 0.6 is 0 Å². The van der Waals surface area contributed by atoms with Gasteiger partial charge in [-0.25, -0.2) is 4.79 Å². The molecule has 1 unspecified atom stereocenters. The van der Waals surface area contributed by atoms with Gasteiger partial charge in [0.2, 0.25) is 0 Å². The maximum atomic E-state index is 11.2. The summed E-state index contributed by atoms with van der Waals surface area (Å²) in [5.41, 5.74) is 0. The molecule has 0 aliphatic carbocycles. The molecule has 0 aliphatic rings. The lowest BCUT2D eigenvalue weighted by atomic mass is 9.96. The Bertz CT molecular complexity index is 324. The van der Waals surface area contributed by atoms with E-state index in [9.17, 15) is 13.2 Å². The first-order valence-electron chi connectivity index (χ1n) is 6.21. The second-order valence-corrected chi connectivity index (χ2v) is 5.96. The van der Waals surface area contributed by atoms with Crippen LogP contribution in [-0.4, -0.2) is 29.9 Å². The molecule has 0 saturated heterocycles. The zero-order chi connectivity index (χ0) is 14.0. The molecule has 0 fully saturated rings. The van der Waals surface area contributed by atoms with Gasteiger partial charge in [0.15, 0.2) is 0 Å². The highest BCUT2D eigenvalue weighted by Gasteiger charge is 2.20. The Morgan fingerprint density at radius 2 is 1.78 bits per heavy atom. The summed E-state index contributed by atoms with van der Waals surface area (Å²) >= 11 is 0. The molecular weight excluding hydrogens is 260 g/mol. The van der Waals surface area contributed by atoms with Gasteiger partial charge in [-0.05, 0) is 19.3 Å². The topological polar surface area (TPSA) is 101 Å². The quantitative estimate of drug-likeness (QED) is 0.276. The van der Waals surface area contributed by atoms with E-state index in [1.165, 1.54) is 0 Å². The lowest BCUT2D eigenvalue weighted by Crippen LogP contribution is -2.18. The fraction of sp³-hybridized carbons (Fsp3) is 0.909. The van der Waals surface area contributed by atoms with E-state index in [4.69, 9.17) is 9.81 Å². The predicted octanol–water partition coefficient (Wildman–Crippen LogP) is 2.26. The van der Waals surface area contributed by atoms with Gasteiger partial charge in [0.05, 0.1) is 11.7 Å². The van der Waals surface area contributed by atoms with Crippen molar-refractivity contribution in [3.63, 3.8) is 0 Å². The van der Waals surface area contributed by atoms with Crippen LogP contribution in [-0.2, 0) is 19.8 Å². The molecule has 0 rings (SSSR count). The van der Waals surface area contributed by atoms with Gasteiger partial charge in [-0.1, -0.05) is 32.6 Å². The van der Waals surface area contributed by atoms with Crippen molar-refractivity contribution in [2.45, 2.75) is 51.9 Å². The molecule has 0 aliphatic heterocycles. The lowest BCUT2D eigenvalue weighted by molar-refractivity contribution is -0.239. The second kappa shape index (κ2) is 9.29. The van der Waals surface area contributed by atoms with Gasteiger partial charge in [0, 0.05) is 0 Å². The number of carbonyl (C=O) groups excluding carboxylic acids is 1. The molecule has 2 N–H and O–H groups in total. The minimum absolute atomic E-state index is 0.173. The Hall–Kier alpha value is -0.660. The number of hydrogen-bond donors (Lipinski definition) is 2. The van der Waals surface area contributed by atoms with Gasteiger partial charge in [0.25, 0.3) is 10.1 Å². The van der Waals surface area contributed by atoms with E-state index < -0.39 is 22.0 Å². The molecule has 18 heavy (non-hydrogen) atoms. The van der Waals surface area contributed by atoms with E-state index in [-0.39, 0.29) is 18.6 Å². The van der Waals surface area contributed by atoms with Crippen LogP contribution in [0.25, 0.3) is 0 Å².